The fraction of sp³-hybridized carbons (Fsp3) is 0.867. The molecular formula is C15H24INO4. The number of likely N-dealkylation sites (tertiary alicyclic amines) is 1. The van der Waals surface area contributed by atoms with E-state index in [1.54, 1.807) is 11.8 Å². The first-order valence-corrected chi connectivity index (χ1v) is 9.20. The van der Waals surface area contributed by atoms with Crippen LogP contribution in [0, 0.1) is 17.8 Å². The van der Waals surface area contributed by atoms with Crippen molar-refractivity contribution in [3.63, 3.8) is 0 Å². The lowest BCUT2D eigenvalue weighted by Crippen LogP contribution is -2.55. The summed E-state index contributed by atoms with van der Waals surface area (Å²) in [6.07, 6.45) is 3.83. The van der Waals surface area contributed by atoms with Crippen molar-refractivity contribution in [2.75, 3.05) is 24.7 Å². The second kappa shape index (κ2) is 7.65. The summed E-state index contributed by atoms with van der Waals surface area (Å²) in [5, 5.41) is 0. The van der Waals surface area contributed by atoms with Gasteiger partial charge >= 0.3 is 12.1 Å². The summed E-state index contributed by atoms with van der Waals surface area (Å²) >= 11 is 2.45. The molecule has 0 aromatic carbocycles. The molecule has 0 radical (unpaired) electrons. The average molecular weight is 409 g/mol. The van der Waals surface area contributed by atoms with Crippen molar-refractivity contribution >= 4 is 34.7 Å². The van der Waals surface area contributed by atoms with Crippen molar-refractivity contribution in [2.24, 2.45) is 17.8 Å². The fourth-order valence-corrected chi connectivity index (χ4v) is 4.47. The lowest BCUT2D eigenvalue weighted by atomic mass is 9.69. The summed E-state index contributed by atoms with van der Waals surface area (Å²) in [5.74, 6) is 1.47. The van der Waals surface area contributed by atoms with Crippen LogP contribution in [-0.4, -0.2) is 47.7 Å². The number of esters is 1. The fourth-order valence-electron chi connectivity index (χ4n) is 3.67. The number of rotatable bonds is 3. The van der Waals surface area contributed by atoms with Crippen LogP contribution in [0.2, 0.25) is 0 Å². The van der Waals surface area contributed by atoms with E-state index in [9.17, 15) is 9.59 Å². The normalized spacial score (nSPS) is 32.2. The summed E-state index contributed by atoms with van der Waals surface area (Å²) in [6, 6.07) is -0.480. The Hall–Kier alpha value is -0.530. The van der Waals surface area contributed by atoms with Gasteiger partial charge in [-0.1, -0.05) is 22.6 Å². The SMILES string of the molecule is CCOC(=O)[C@H]1C[C@@H]2C[C@H](CI)CC[C@@H]2CN1C(=O)OC. The highest BCUT2D eigenvalue weighted by molar-refractivity contribution is 14.1. The average Bonchev–Trinajstić information content (AvgIpc) is 2.52. The third kappa shape index (κ3) is 3.81. The first-order chi connectivity index (χ1) is 10.1. The van der Waals surface area contributed by atoms with E-state index < -0.39 is 12.1 Å². The zero-order valence-electron chi connectivity index (χ0n) is 12.7. The van der Waals surface area contributed by atoms with Gasteiger partial charge in [0, 0.05) is 11.0 Å². The van der Waals surface area contributed by atoms with Crippen LogP contribution in [0.5, 0.6) is 0 Å². The number of hydrogen-bond donors (Lipinski definition) is 0. The zero-order valence-corrected chi connectivity index (χ0v) is 14.9. The molecule has 1 heterocycles. The molecular weight excluding hydrogens is 385 g/mol. The minimum atomic E-state index is -0.480. The van der Waals surface area contributed by atoms with Gasteiger partial charge in [-0.3, -0.25) is 4.90 Å². The van der Waals surface area contributed by atoms with Gasteiger partial charge in [-0.05, 0) is 50.4 Å². The Morgan fingerprint density at radius 3 is 2.62 bits per heavy atom. The highest BCUT2D eigenvalue weighted by Gasteiger charge is 2.44. The lowest BCUT2D eigenvalue weighted by molar-refractivity contribution is -0.152. The lowest BCUT2D eigenvalue weighted by Gasteiger charge is -2.45. The number of nitrogens with zero attached hydrogens (tertiary/aromatic N) is 1. The van der Waals surface area contributed by atoms with E-state index in [-0.39, 0.29) is 5.97 Å². The Kier molecular flexibility index (Phi) is 6.13. The van der Waals surface area contributed by atoms with Gasteiger partial charge in [0.25, 0.3) is 0 Å². The first kappa shape index (κ1) is 16.8. The molecule has 1 aliphatic heterocycles. The summed E-state index contributed by atoms with van der Waals surface area (Å²) in [6.45, 7) is 2.75. The Labute approximate surface area is 139 Å². The molecule has 21 heavy (non-hydrogen) atoms. The molecule has 2 rings (SSSR count). The molecule has 0 N–H and O–H groups in total. The number of amides is 1. The van der Waals surface area contributed by atoms with Crippen LogP contribution in [0.15, 0.2) is 0 Å². The van der Waals surface area contributed by atoms with Gasteiger partial charge in [0.05, 0.1) is 13.7 Å². The Morgan fingerprint density at radius 2 is 2.00 bits per heavy atom. The molecule has 0 unspecified atom stereocenters. The molecule has 4 atom stereocenters. The maximum Gasteiger partial charge on any atom is 0.410 e. The molecule has 0 aromatic heterocycles. The van der Waals surface area contributed by atoms with Crippen molar-refractivity contribution < 1.29 is 19.1 Å². The summed E-state index contributed by atoms with van der Waals surface area (Å²) in [5.41, 5.74) is 0. The van der Waals surface area contributed by atoms with Gasteiger partial charge in [0.1, 0.15) is 6.04 Å². The highest BCUT2D eigenvalue weighted by atomic mass is 127. The number of hydrogen-bond acceptors (Lipinski definition) is 4. The molecule has 0 spiro atoms. The van der Waals surface area contributed by atoms with Crippen molar-refractivity contribution in [2.45, 2.75) is 38.6 Å². The highest BCUT2D eigenvalue weighted by Crippen LogP contribution is 2.41. The van der Waals surface area contributed by atoms with E-state index in [2.05, 4.69) is 22.6 Å². The van der Waals surface area contributed by atoms with E-state index >= 15 is 0 Å². The van der Waals surface area contributed by atoms with Gasteiger partial charge in [-0.15, -0.1) is 0 Å². The molecule has 1 saturated carbocycles. The number of carbonyl (C=O) groups excluding carboxylic acids is 2. The van der Waals surface area contributed by atoms with Crippen molar-refractivity contribution in [3.05, 3.63) is 0 Å². The second-order valence-electron chi connectivity index (χ2n) is 5.98. The standard InChI is InChI=1S/C15H24INO4/c1-3-21-14(18)13-7-12-6-10(8-16)4-5-11(12)9-17(13)15(19)20-2/h10-13H,3-9H2,1-2H3/t10-,11-,12+,13-/m1/s1. The summed E-state index contributed by atoms with van der Waals surface area (Å²) in [7, 11) is 1.36. The molecule has 0 aromatic rings. The predicted octanol–water partition coefficient (Wildman–Crippen LogP) is 2.86. The maximum absolute atomic E-state index is 12.2. The molecule has 0 bridgehead atoms. The van der Waals surface area contributed by atoms with Gasteiger partial charge in [0.15, 0.2) is 0 Å². The van der Waals surface area contributed by atoms with Crippen LogP contribution in [-0.2, 0) is 14.3 Å². The Bertz CT molecular complexity index is 390. The van der Waals surface area contributed by atoms with E-state index in [0.717, 1.165) is 12.3 Å². The van der Waals surface area contributed by atoms with Crippen LogP contribution >= 0.6 is 22.6 Å². The van der Waals surface area contributed by atoms with Gasteiger partial charge in [0.2, 0.25) is 0 Å². The molecule has 6 heteroatoms. The van der Waals surface area contributed by atoms with Gasteiger partial charge in [-0.25, -0.2) is 9.59 Å². The summed E-state index contributed by atoms with van der Waals surface area (Å²) < 4.78 is 11.2. The Morgan fingerprint density at radius 1 is 1.24 bits per heavy atom. The van der Waals surface area contributed by atoms with Gasteiger partial charge < -0.3 is 9.47 Å². The second-order valence-corrected chi connectivity index (χ2v) is 6.86. The molecule has 5 nitrogen and oxygen atoms in total. The molecule has 2 fully saturated rings. The number of methoxy groups -OCH3 is 1. The van der Waals surface area contributed by atoms with E-state index in [1.807, 2.05) is 0 Å². The van der Waals surface area contributed by atoms with Crippen molar-refractivity contribution in [1.82, 2.24) is 4.90 Å². The maximum atomic E-state index is 12.2. The van der Waals surface area contributed by atoms with Crippen molar-refractivity contribution in [3.8, 4) is 0 Å². The van der Waals surface area contributed by atoms with E-state index in [4.69, 9.17) is 9.47 Å². The number of carbonyl (C=O) groups is 2. The molecule has 2 aliphatic rings. The minimum absolute atomic E-state index is 0.294. The van der Waals surface area contributed by atoms with E-state index in [0.29, 0.717) is 31.4 Å². The smallest absolute Gasteiger partial charge is 0.410 e. The number of piperidine rings is 1. The topological polar surface area (TPSA) is 55.8 Å². The number of fused-ring (bicyclic) bond motifs is 1. The Balaban J connectivity index is 2.11. The van der Waals surface area contributed by atoms with Crippen LogP contribution in [0.25, 0.3) is 0 Å². The van der Waals surface area contributed by atoms with E-state index in [1.165, 1.54) is 24.4 Å². The predicted molar refractivity (Wildman–Crippen MR) is 87.4 cm³/mol. The molecule has 1 aliphatic carbocycles. The van der Waals surface area contributed by atoms with Crippen LogP contribution < -0.4 is 0 Å². The monoisotopic (exact) mass is 409 g/mol. The van der Waals surface area contributed by atoms with Crippen LogP contribution in [0.4, 0.5) is 4.79 Å². The van der Waals surface area contributed by atoms with Crippen LogP contribution in [0.1, 0.15) is 32.6 Å². The quantitative estimate of drug-likeness (QED) is 0.409. The van der Waals surface area contributed by atoms with Gasteiger partial charge in [-0.2, -0.15) is 0 Å². The molecule has 1 amide bonds. The zero-order chi connectivity index (χ0) is 15.4. The summed E-state index contributed by atoms with van der Waals surface area (Å²) in [4.78, 5) is 25.7. The first-order valence-electron chi connectivity index (χ1n) is 7.67. The molecule has 1 saturated heterocycles. The number of ether oxygens (including phenoxy) is 2. The molecule has 120 valence electrons. The van der Waals surface area contributed by atoms with Crippen LogP contribution in [0.3, 0.4) is 0 Å². The largest absolute Gasteiger partial charge is 0.464 e. The third-order valence-electron chi connectivity index (χ3n) is 4.77. The number of alkyl halides is 1. The third-order valence-corrected chi connectivity index (χ3v) is 6.01. The van der Waals surface area contributed by atoms with Crippen molar-refractivity contribution in [1.29, 1.82) is 0 Å². The minimum Gasteiger partial charge on any atom is -0.464 e. The number of halogens is 1.